The number of hydrogen-bond donors (Lipinski definition) is 2. The van der Waals surface area contributed by atoms with Crippen LogP contribution >= 0.6 is 0 Å². The number of rotatable bonds is 7. The summed E-state index contributed by atoms with van der Waals surface area (Å²) >= 11 is 0. The number of aromatic nitrogens is 1. The number of benzene rings is 2. The third-order valence-corrected chi connectivity index (χ3v) is 5.59. The molecule has 0 saturated carbocycles. The number of carbonyl (C=O) groups excluding carboxylic acids is 1. The average Bonchev–Trinajstić information content (AvgIpc) is 3.26. The van der Waals surface area contributed by atoms with Gasteiger partial charge in [0.2, 0.25) is 0 Å². The molecule has 2 heterocycles. The summed E-state index contributed by atoms with van der Waals surface area (Å²) < 4.78 is 34.2. The minimum absolute atomic E-state index is 0.145. The van der Waals surface area contributed by atoms with E-state index in [1.807, 2.05) is 26.2 Å². The fourth-order valence-electron chi connectivity index (χ4n) is 3.99. The van der Waals surface area contributed by atoms with Gasteiger partial charge in [-0.3, -0.25) is 4.79 Å². The minimum atomic E-state index is -3.78. The molecular weight excluding hydrogens is 418 g/mol. The van der Waals surface area contributed by atoms with E-state index in [1.165, 1.54) is 12.7 Å². The number of aromatic amines is 1. The first-order valence-electron chi connectivity index (χ1n) is 9.78. The number of carbonyl (C=O) groups is 1. The van der Waals surface area contributed by atoms with Gasteiger partial charge in [0.15, 0.2) is 5.75 Å². The molecule has 2 N–H and O–H groups in total. The summed E-state index contributed by atoms with van der Waals surface area (Å²) in [6.07, 6.45) is 0.983. The number of hydrogen-bond acceptors (Lipinski definition) is 6. The molecule has 164 valence electrons. The van der Waals surface area contributed by atoms with Crippen LogP contribution in [-0.2, 0) is 34.6 Å². The number of ether oxygens (including phenoxy) is 1. The van der Waals surface area contributed by atoms with Crippen molar-refractivity contribution in [3.63, 3.8) is 0 Å². The van der Waals surface area contributed by atoms with Gasteiger partial charge in [0.05, 0.1) is 18.4 Å². The van der Waals surface area contributed by atoms with Gasteiger partial charge < -0.3 is 24.1 Å². The number of fused-ring (bicyclic) bond motifs is 2. The summed E-state index contributed by atoms with van der Waals surface area (Å²) in [7, 11) is 1.79. The maximum Gasteiger partial charge on any atom is 0.306 e. The summed E-state index contributed by atoms with van der Waals surface area (Å²) in [5.74, 6) is -0.106. The zero-order valence-corrected chi connectivity index (χ0v) is 18.7. The molecule has 2 aromatic carbocycles. The van der Waals surface area contributed by atoms with Crippen molar-refractivity contribution in [2.75, 3.05) is 27.5 Å². The molecular formula is C22H25N3O5S. The second-order valence-electron chi connectivity index (χ2n) is 8.01. The highest BCUT2D eigenvalue weighted by Crippen LogP contribution is 2.39. The van der Waals surface area contributed by atoms with E-state index < -0.39 is 10.1 Å². The van der Waals surface area contributed by atoms with Gasteiger partial charge in [0, 0.05) is 53.5 Å². The van der Waals surface area contributed by atoms with Crippen molar-refractivity contribution in [1.29, 1.82) is 0 Å². The third kappa shape index (κ3) is 4.30. The number of nitrogens with zero attached hydrogens (tertiary/aromatic N) is 1. The standard InChI is InChI=1S/C22H25N3O5S/c1-25(2)11-13-5-6-18-14(7-13)9-19(24-18)16-8-15(12-29-3)21(30-31(4,27)28)17-10-23-22(26)20(16)17/h5-9,24H,10-12H2,1-4H3,(H,23,26). The predicted octanol–water partition coefficient (Wildman–Crippen LogP) is 2.62. The summed E-state index contributed by atoms with van der Waals surface area (Å²) in [6.45, 7) is 1.16. The van der Waals surface area contributed by atoms with Gasteiger partial charge in [-0.05, 0) is 43.9 Å². The van der Waals surface area contributed by atoms with Crippen molar-refractivity contribution >= 4 is 26.9 Å². The van der Waals surface area contributed by atoms with Crippen LogP contribution < -0.4 is 9.50 Å². The van der Waals surface area contributed by atoms with Crippen molar-refractivity contribution in [1.82, 2.24) is 15.2 Å². The Morgan fingerprint density at radius 1 is 1.16 bits per heavy atom. The van der Waals surface area contributed by atoms with Crippen LogP contribution in [0.15, 0.2) is 30.3 Å². The molecule has 0 bridgehead atoms. The van der Waals surface area contributed by atoms with Gasteiger partial charge in [-0.25, -0.2) is 0 Å². The summed E-state index contributed by atoms with van der Waals surface area (Å²) in [6, 6.07) is 9.98. The van der Waals surface area contributed by atoms with E-state index in [4.69, 9.17) is 8.92 Å². The molecule has 0 atom stereocenters. The Bertz CT molecular complexity index is 1280. The topological polar surface area (TPSA) is 101 Å². The smallest absolute Gasteiger partial charge is 0.306 e. The maximum atomic E-state index is 12.7. The van der Waals surface area contributed by atoms with Crippen LogP contribution in [0.25, 0.3) is 22.2 Å². The largest absolute Gasteiger partial charge is 0.382 e. The van der Waals surface area contributed by atoms with Crippen molar-refractivity contribution in [3.05, 3.63) is 52.6 Å². The summed E-state index contributed by atoms with van der Waals surface area (Å²) in [5.41, 5.74) is 5.09. The normalized spacial score (nSPS) is 13.6. The number of amides is 1. The summed E-state index contributed by atoms with van der Waals surface area (Å²) in [5, 5.41) is 3.81. The van der Waals surface area contributed by atoms with Gasteiger partial charge in [-0.1, -0.05) is 6.07 Å². The van der Waals surface area contributed by atoms with Crippen molar-refractivity contribution in [2.24, 2.45) is 0 Å². The zero-order chi connectivity index (χ0) is 22.3. The molecule has 0 fully saturated rings. The highest BCUT2D eigenvalue weighted by atomic mass is 32.2. The average molecular weight is 444 g/mol. The Hall–Kier alpha value is -2.88. The predicted molar refractivity (Wildman–Crippen MR) is 118 cm³/mol. The third-order valence-electron chi connectivity index (χ3n) is 5.12. The lowest BCUT2D eigenvalue weighted by Crippen LogP contribution is -2.13. The molecule has 0 unspecified atom stereocenters. The van der Waals surface area contributed by atoms with Crippen LogP contribution in [0.1, 0.15) is 27.0 Å². The first-order valence-corrected chi connectivity index (χ1v) is 11.6. The van der Waals surface area contributed by atoms with Crippen LogP contribution in [0.3, 0.4) is 0 Å². The van der Waals surface area contributed by atoms with E-state index in [0.717, 1.165) is 29.4 Å². The van der Waals surface area contributed by atoms with Crippen molar-refractivity contribution < 1.29 is 22.1 Å². The minimum Gasteiger partial charge on any atom is -0.382 e. The van der Waals surface area contributed by atoms with Gasteiger partial charge in [0.25, 0.3) is 5.91 Å². The number of H-pyrrole nitrogens is 1. The molecule has 0 saturated heterocycles. The molecule has 9 heteroatoms. The molecule has 0 aliphatic carbocycles. The van der Waals surface area contributed by atoms with E-state index in [9.17, 15) is 13.2 Å². The lowest BCUT2D eigenvalue weighted by Gasteiger charge is -2.15. The fraction of sp³-hybridized carbons (Fsp3) is 0.318. The Kier molecular flexibility index (Phi) is 5.50. The molecule has 1 amide bonds. The van der Waals surface area contributed by atoms with Crippen LogP contribution in [0, 0.1) is 0 Å². The van der Waals surface area contributed by atoms with Gasteiger partial charge in [-0.15, -0.1) is 0 Å². The van der Waals surface area contributed by atoms with E-state index in [-0.39, 0.29) is 24.8 Å². The van der Waals surface area contributed by atoms with E-state index in [1.54, 1.807) is 6.07 Å². The molecule has 8 nitrogen and oxygen atoms in total. The molecule has 1 aliphatic heterocycles. The van der Waals surface area contributed by atoms with Crippen molar-refractivity contribution in [3.8, 4) is 17.0 Å². The maximum absolute atomic E-state index is 12.7. The highest BCUT2D eigenvalue weighted by molar-refractivity contribution is 7.86. The lowest BCUT2D eigenvalue weighted by atomic mass is 9.96. The molecule has 1 aromatic heterocycles. The Morgan fingerprint density at radius 3 is 2.61 bits per heavy atom. The van der Waals surface area contributed by atoms with Crippen molar-refractivity contribution in [2.45, 2.75) is 19.7 Å². The fourth-order valence-corrected chi connectivity index (χ4v) is 4.50. The van der Waals surface area contributed by atoms with E-state index in [2.05, 4.69) is 27.3 Å². The quantitative estimate of drug-likeness (QED) is 0.545. The van der Waals surface area contributed by atoms with Crippen LogP contribution in [0.5, 0.6) is 5.75 Å². The molecule has 31 heavy (non-hydrogen) atoms. The zero-order valence-electron chi connectivity index (χ0n) is 17.9. The lowest BCUT2D eigenvalue weighted by molar-refractivity contribution is 0.0966. The van der Waals surface area contributed by atoms with Gasteiger partial charge in [-0.2, -0.15) is 8.42 Å². The molecule has 1 aliphatic rings. The molecule has 3 aromatic rings. The second kappa shape index (κ2) is 7.99. The first-order chi connectivity index (χ1) is 14.7. The van der Waals surface area contributed by atoms with Crippen LogP contribution in [0.4, 0.5) is 0 Å². The van der Waals surface area contributed by atoms with Gasteiger partial charge >= 0.3 is 10.1 Å². The Balaban J connectivity index is 1.89. The monoisotopic (exact) mass is 443 g/mol. The number of nitrogens with one attached hydrogen (secondary N) is 2. The highest BCUT2D eigenvalue weighted by Gasteiger charge is 2.31. The van der Waals surface area contributed by atoms with Crippen LogP contribution in [0.2, 0.25) is 0 Å². The molecule has 4 rings (SSSR count). The molecule has 0 radical (unpaired) electrons. The second-order valence-corrected chi connectivity index (χ2v) is 9.59. The van der Waals surface area contributed by atoms with E-state index in [0.29, 0.717) is 22.3 Å². The summed E-state index contributed by atoms with van der Waals surface area (Å²) in [4.78, 5) is 18.2. The van der Waals surface area contributed by atoms with Gasteiger partial charge in [0.1, 0.15) is 0 Å². The first kappa shape index (κ1) is 21.4. The Labute approximate surface area is 181 Å². The SMILES string of the molecule is COCc1cc(-c2cc3cc(CN(C)C)ccc3[nH]2)c2c(c1OS(C)(=O)=O)CNC2=O. The number of methoxy groups -OCH3 is 1. The Morgan fingerprint density at radius 2 is 1.94 bits per heavy atom. The van der Waals surface area contributed by atoms with E-state index >= 15 is 0 Å². The molecule has 0 spiro atoms. The van der Waals surface area contributed by atoms with Crippen LogP contribution in [-0.4, -0.2) is 51.7 Å².